The van der Waals surface area contributed by atoms with E-state index in [0.717, 1.165) is 6.07 Å². The molecule has 0 atom stereocenters. The zero-order valence-electron chi connectivity index (χ0n) is 6.96. The van der Waals surface area contributed by atoms with Crippen LogP contribution in [0.3, 0.4) is 0 Å². The van der Waals surface area contributed by atoms with Gasteiger partial charge in [0.05, 0.1) is 11.6 Å². The molecular formula is C9H9FN2O. The molecule has 0 bridgehead atoms. The van der Waals surface area contributed by atoms with Crippen LogP contribution in [0.1, 0.15) is 5.56 Å². The van der Waals surface area contributed by atoms with Crippen LogP contribution < -0.4 is 10.5 Å². The van der Waals surface area contributed by atoms with Gasteiger partial charge in [-0.05, 0) is 12.1 Å². The summed E-state index contributed by atoms with van der Waals surface area (Å²) in [4.78, 5) is 0. The number of hydrogen-bond donors (Lipinski definition) is 1. The zero-order chi connectivity index (χ0) is 9.68. The number of rotatable bonds is 3. The van der Waals surface area contributed by atoms with E-state index < -0.39 is 5.82 Å². The van der Waals surface area contributed by atoms with Crippen molar-refractivity contribution in [2.45, 2.75) is 0 Å². The van der Waals surface area contributed by atoms with Crippen molar-refractivity contribution in [3.05, 3.63) is 29.6 Å². The van der Waals surface area contributed by atoms with Gasteiger partial charge in [-0.15, -0.1) is 0 Å². The fourth-order valence-electron chi connectivity index (χ4n) is 0.887. The molecule has 0 amide bonds. The first-order valence-electron chi connectivity index (χ1n) is 3.80. The molecule has 0 fully saturated rings. The topological polar surface area (TPSA) is 59.0 Å². The second-order valence-electron chi connectivity index (χ2n) is 2.42. The molecule has 0 unspecified atom stereocenters. The Morgan fingerprint density at radius 1 is 1.46 bits per heavy atom. The summed E-state index contributed by atoms with van der Waals surface area (Å²) in [6, 6.07) is 5.67. The minimum Gasteiger partial charge on any atom is -0.492 e. The number of nitriles is 1. The van der Waals surface area contributed by atoms with Gasteiger partial charge < -0.3 is 10.5 Å². The van der Waals surface area contributed by atoms with Crippen LogP contribution in [0.15, 0.2) is 18.2 Å². The van der Waals surface area contributed by atoms with Crippen molar-refractivity contribution in [3.63, 3.8) is 0 Å². The molecule has 0 radical (unpaired) electrons. The molecule has 1 aromatic carbocycles. The van der Waals surface area contributed by atoms with Crippen LogP contribution in [0.5, 0.6) is 5.75 Å². The molecule has 0 saturated carbocycles. The summed E-state index contributed by atoms with van der Waals surface area (Å²) in [5, 5.41) is 8.51. The van der Waals surface area contributed by atoms with E-state index >= 15 is 0 Å². The average Bonchev–Trinajstić information content (AvgIpc) is 2.14. The van der Waals surface area contributed by atoms with Crippen molar-refractivity contribution in [1.82, 2.24) is 0 Å². The Bertz CT molecular complexity index is 333. The third kappa shape index (κ3) is 2.73. The van der Waals surface area contributed by atoms with Crippen molar-refractivity contribution < 1.29 is 9.13 Å². The summed E-state index contributed by atoms with van der Waals surface area (Å²) in [5.41, 5.74) is 5.44. The molecule has 0 aliphatic rings. The second-order valence-corrected chi connectivity index (χ2v) is 2.42. The molecule has 68 valence electrons. The van der Waals surface area contributed by atoms with Crippen molar-refractivity contribution in [2.24, 2.45) is 5.73 Å². The highest BCUT2D eigenvalue weighted by Gasteiger charge is 2.00. The van der Waals surface area contributed by atoms with Crippen LogP contribution in [-0.2, 0) is 0 Å². The van der Waals surface area contributed by atoms with Crippen LogP contribution in [0.25, 0.3) is 0 Å². The van der Waals surface area contributed by atoms with Gasteiger partial charge in [-0.1, -0.05) is 0 Å². The van der Waals surface area contributed by atoms with Gasteiger partial charge in [0.1, 0.15) is 18.2 Å². The molecule has 0 aliphatic heterocycles. The van der Waals surface area contributed by atoms with E-state index in [-0.39, 0.29) is 5.56 Å². The summed E-state index contributed by atoms with van der Waals surface area (Å²) in [7, 11) is 0. The van der Waals surface area contributed by atoms with E-state index in [1.54, 1.807) is 0 Å². The molecule has 2 N–H and O–H groups in total. The largest absolute Gasteiger partial charge is 0.492 e. The van der Waals surface area contributed by atoms with Crippen molar-refractivity contribution >= 4 is 0 Å². The maximum Gasteiger partial charge on any atom is 0.128 e. The lowest BCUT2D eigenvalue weighted by Crippen LogP contribution is -2.10. The fraction of sp³-hybridized carbons (Fsp3) is 0.222. The number of hydrogen-bond acceptors (Lipinski definition) is 3. The summed E-state index contributed by atoms with van der Waals surface area (Å²) < 4.78 is 17.8. The molecule has 0 heterocycles. The molecule has 13 heavy (non-hydrogen) atoms. The quantitative estimate of drug-likeness (QED) is 0.755. The first-order chi connectivity index (χ1) is 6.26. The van der Waals surface area contributed by atoms with Crippen molar-refractivity contribution in [2.75, 3.05) is 13.2 Å². The number of nitrogens with zero attached hydrogens (tertiary/aromatic N) is 1. The van der Waals surface area contributed by atoms with Gasteiger partial charge in [0.25, 0.3) is 0 Å². The molecular weight excluding hydrogens is 171 g/mol. The summed E-state index contributed by atoms with van der Waals surface area (Å²) in [6.45, 7) is 0.673. The minimum atomic E-state index is -0.480. The average molecular weight is 180 g/mol. The molecule has 0 saturated heterocycles. The van der Waals surface area contributed by atoms with Crippen molar-refractivity contribution in [1.29, 1.82) is 5.26 Å². The van der Waals surface area contributed by atoms with Gasteiger partial charge in [-0.3, -0.25) is 0 Å². The van der Waals surface area contributed by atoms with E-state index in [4.69, 9.17) is 15.7 Å². The molecule has 0 spiro atoms. The minimum absolute atomic E-state index is 0.243. The predicted molar refractivity (Wildman–Crippen MR) is 45.7 cm³/mol. The second kappa shape index (κ2) is 4.43. The first kappa shape index (κ1) is 9.49. The third-order valence-electron chi connectivity index (χ3n) is 1.39. The van der Waals surface area contributed by atoms with Gasteiger partial charge in [-0.25, -0.2) is 4.39 Å². The number of nitrogens with two attached hydrogens (primary N) is 1. The Morgan fingerprint density at radius 2 is 2.23 bits per heavy atom. The van der Waals surface area contributed by atoms with Gasteiger partial charge in [0.2, 0.25) is 0 Å². The number of ether oxygens (including phenoxy) is 1. The Hall–Kier alpha value is -1.60. The first-order valence-corrected chi connectivity index (χ1v) is 3.80. The van der Waals surface area contributed by atoms with E-state index in [0.29, 0.717) is 18.9 Å². The Kier molecular flexibility index (Phi) is 3.23. The highest BCUT2D eigenvalue weighted by molar-refractivity contribution is 5.36. The van der Waals surface area contributed by atoms with E-state index in [2.05, 4.69) is 0 Å². The third-order valence-corrected chi connectivity index (χ3v) is 1.39. The van der Waals surface area contributed by atoms with Crippen LogP contribution in [0, 0.1) is 17.1 Å². The lowest BCUT2D eigenvalue weighted by Gasteiger charge is -2.04. The van der Waals surface area contributed by atoms with E-state index in [1.165, 1.54) is 12.1 Å². The van der Waals surface area contributed by atoms with Crippen LogP contribution in [0.2, 0.25) is 0 Å². The monoisotopic (exact) mass is 180 g/mol. The molecule has 1 aromatic rings. The standard InChI is InChI=1S/C9H9FN2O/c10-8-3-7(6-12)4-9(5-8)13-2-1-11/h3-5H,1-2,11H2. The zero-order valence-corrected chi connectivity index (χ0v) is 6.96. The lowest BCUT2D eigenvalue weighted by atomic mass is 10.2. The van der Waals surface area contributed by atoms with Gasteiger partial charge in [-0.2, -0.15) is 5.26 Å². The van der Waals surface area contributed by atoms with Crippen LogP contribution in [0.4, 0.5) is 4.39 Å². The SMILES string of the molecule is N#Cc1cc(F)cc(OCCN)c1. The van der Waals surface area contributed by atoms with Crippen molar-refractivity contribution in [3.8, 4) is 11.8 Å². The molecule has 4 heteroatoms. The fourth-order valence-corrected chi connectivity index (χ4v) is 0.887. The molecule has 3 nitrogen and oxygen atoms in total. The molecule has 0 aromatic heterocycles. The Labute approximate surface area is 75.5 Å². The lowest BCUT2D eigenvalue weighted by molar-refractivity contribution is 0.326. The Balaban J connectivity index is 2.83. The number of halogens is 1. The summed E-state index contributed by atoms with van der Waals surface area (Å²) >= 11 is 0. The normalized spacial score (nSPS) is 9.31. The van der Waals surface area contributed by atoms with Gasteiger partial charge in [0.15, 0.2) is 0 Å². The van der Waals surface area contributed by atoms with Crippen LogP contribution >= 0.6 is 0 Å². The van der Waals surface area contributed by atoms with Gasteiger partial charge >= 0.3 is 0 Å². The molecule has 0 aliphatic carbocycles. The van der Waals surface area contributed by atoms with Gasteiger partial charge in [0, 0.05) is 12.6 Å². The highest BCUT2D eigenvalue weighted by atomic mass is 19.1. The molecule has 1 rings (SSSR count). The maximum atomic E-state index is 12.8. The predicted octanol–water partition coefficient (Wildman–Crippen LogP) is 1.03. The van der Waals surface area contributed by atoms with E-state index in [1.807, 2.05) is 6.07 Å². The van der Waals surface area contributed by atoms with Crippen LogP contribution in [-0.4, -0.2) is 13.2 Å². The smallest absolute Gasteiger partial charge is 0.128 e. The maximum absolute atomic E-state index is 12.8. The Morgan fingerprint density at radius 3 is 2.85 bits per heavy atom. The number of benzene rings is 1. The highest BCUT2D eigenvalue weighted by Crippen LogP contribution is 2.15. The summed E-state index contributed by atoms with van der Waals surface area (Å²) in [6.07, 6.45) is 0. The van der Waals surface area contributed by atoms with E-state index in [9.17, 15) is 4.39 Å². The summed E-state index contributed by atoms with van der Waals surface area (Å²) in [5.74, 6) is -0.145.